The van der Waals surface area contributed by atoms with E-state index in [1.165, 1.54) is 19.2 Å². The molecule has 21 heavy (non-hydrogen) atoms. The molecule has 118 valence electrons. The largest absolute Gasteiger partial charge is 0.416 e. The molecule has 0 saturated carbocycles. The van der Waals surface area contributed by atoms with Gasteiger partial charge in [0.05, 0.1) is 12.2 Å². The highest BCUT2D eigenvalue weighted by Crippen LogP contribution is 2.34. The number of anilines is 1. The van der Waals surface area contributed by atoms with Crippen LogP contribution in [0.3, 0.4) is 0 Å². The van der Waals surface area contributed by atoms with Crippen LogP contribution in [0.15, 0.2) is 18.2 Å². The first kappa shape index (κ1) is 17.2. The summed E-state index contributed by atoms with van der Waals surface area (Å²) in [6, 6.07) is 3.92. The van der Waals surface area contributed by atoms with Crippen LogP contribution in [0, 0.1) is 10.1 Å². The Bertz CT molecular complexity index is 478. The molecule has 0 bridgehead atoms. The Morgan fingerprint density at radius 3 is 2.67 bits per heavy atom. The average Bonchev–Trinajstić information content (AvgIpc) is 2.38. The van der Waals surface area contributed by atoms with Crippen molar-refractivity contribution in [3.05, 3.63) is 39.4 Å². The summed E-state index contributed by atoms with van der Waals surface area (Å²) in [7, 11) is 1.50. The molecule has 0 amide bonds. The summed E-state index contributed by atoms with van der Waals surface area (Å²) >= 11 is 0. The zero-order chi connectivity index (χ0) is 15.9. The third-order valence-corrected chi connectivity index (χ3v) is 2.84. The van der Waals surface area contributed by atoms with E-state index < -0.39 is 16.7 Å². The van der Waals surface area contributed by atoms with Gasteiger partial charge in [-0.1, -0.05) is 6.07 Å². The Balaban J connectivity index is 2.84. The Kier molecular flexibility index (Phi) is 6.41. The summed E-state index contributed by atoms with van der Waals surface area (Å²) < 4.78 is 43.9. The summed E-state index contributed by atoms with van der Waals surface area (Å²) in [5.41, 5.74) is -0.340. The molecule has 1 aromatic carbocycles. The molecule has 0 aliphatic heterocycles. The number of hydrogen-bond acceptors (Lipinski definition) is 4. The van der Waals surface area contributed by atoms with Crippen LogP contribution in [0.4, 0.5) is 18.9 Å². The second-order valence-corrected chi connectivity index (χ2v) is 4.45. The Morgan fingerprint density at radius 1 is 1.38 bits per heavy atom. The van der Waals surface area contributed by atoms with E-state index in [9.17, 15) is 23.3 Å². The van der Waals surface area contributed by atoms with Crippen LogP contribution >= 0.6 is 0 Å². The van der Waals surface area contributed by atoms with Gasteiger partial charge in [-0.15, -0.1) is 0 Å². The number of ether oxygens (including phenoxy) is 1. The molecule has 0 aliphatic carbocycles. The van der Waals surface area contributed by atoms with Crippen LogP contribution in [-0.2, 0) is 17.3 Å². The van der Waals surface area contributed by atoms with Gasteiger partial charge in [0.2, 0.25) is 6.54 Å². The van der Waals surface area contributed by atoms with Crippen molar-refractivity contribution in [2.45, 2.75) is 19.0 Å². The second-order valence-electron chi connectivity index (χ2n) is 4.45. The summed E-state index contributed by atoms with van der Waals surface area (Å²) in [6.07, 6.45) is -4.39. The fraction of sp³-hybridized carbons (Fsp3) is 0.538. The van der Waals surface area contributed by atoms with Gasteiger partial charge in [0.25, 0.3) is 0 Å². The molecule has 1 aromatic rings. The van der Waals surface area contributed by atoms with E-state index in [4.69, 9.17) is 4.74 Å². The van der Waals surface area contributed by atoms with Gasteiger partial charge in [-0.2, -0.15) is 13.2 Å². The van der Waals surface area contributed by atoms with Crippen LogP contribution in [0.5, 0.6) is 0 Å². The quantitative estimate of drug-likeness (QED) is 0.455. The molecule has 8 heteroatoms. The molecule has 5 nitrogen and oxygen atoms in total. The van der Waals surface area contributed by atoms with Crippen molar-refractivity contribution in [1.82, 2.24) is 0 Å². The molecular weight excluding hydrogens is 289 g/mol. The van der Waals surface area contributed by atoms with Crippen molar-refractivity contribution < 1.29 is 22.8 Å². The minimum Gasteiger partial charge on any atom is -0.383 e. The van der Waals surface area contributed by atoms with Gasteiger partial charge in [0, 0.05) is 30.7 Å². The molecule has 0 spiro atoms. The van der Waals surface area contributed by atoms with Gasteiger partial charge in [0.15, 0.2) is 0 Å². The zero-order valence-corrected chi connectivity index (χ0v) is 11.6. The Morgan fingerprint density at radius 2 is 2.10 bits per heavy atom. The first-order valence-corrected chi connectivity index (χ1v) is 6.39. The predicted molar refractivity (Wildman–Crippen MR) is 72.0 cm³/mol. The van der Waals surface area contributed by atoms with Gasteiger partial charge in [0.1, 0.15) is 0 Å². The molecular formula is C13H17F3N2O3. The van der Waals surface area contributed by atoms with E-state index in [1.807, 2.05) is 0 Å². The van der Waals surface area contributed by atoms with Gasteiger partial charge in [-0.05, 0) is 24.1 Å². The maximum atomic E-state index is 13.0. The second kappa shape index (κ2) is 7.82. The molecule has 1 rings (SSSR count). The van der Waals surface area contributed by atoms with Gasteiger partial charge >= 0.3 is 6.18 Å². The fourth-order valence-corrected chi connectivity index (χ4v) is 1.86. The number of aryl methyl sites for hydroxylation is 1. The average molecular weight is 306 g/mol. The van der Waals surface area contributed by atoms with Crippen molar-refractivity contribution in [3.63, 3.8) is 0 Å². The first-order chi connectivity index (χ1) is 9.84. The SMILES string of the molecule is COCCNc1ccc(CCC[N+](=O)[O-])c(C(F)(F)F)c1. The lowest BCUT2D eigenvalue weighted by molar-refractivity contribution is -0.480. The maximum Gasteiger partial charge on any atom is 0.416 e. The molecule has 0 aliphatic rings. The summed E-state index contributed by atoms with van der Waals surface area (Å²) in [5, 5.41) is 13.1. The van der Waals surface area contributed by atoms with Crippen molar-refractivity contribution >= 4 is 5.69 Å². The number of nitrogens with one attached hydrogen (secondary N) is 1. The number of halogens is 3. The summed E-state index contributed by atoms with van der Waals surface area (Å²) in [4.78, 5) is 9.70. The minimum atomic E-state index is -4.48. The number of hydrogen-bond donors (Lipinski definition) is 1. The van der Waals surface area contributed by atoms with Crippen molar-refractivity contribution in [3.8, 4) is 0 Å². The highest BCUT2D eigenvalue weighted by atomic mass is 19.4. The highest BCUT2D eigenvalue weighted by Gasteiger charge is 2.33. The first-order valence-electron chi connectivity index (χ1n) is 6.39. The fourth-order valence-electron chi connectivity index (χ4n) is 1.86. The molecule has 0 unspecified atom stereocenters. The van der Waals surface area contributed by atoms with Gasteiger partial charge in [-0.25, -0.2) is 0 Å². The van der Waals surface area contributed by atoms with E-state index in [1.54, 1.807) is 0 Å². The third-order valence-electron chi connectivity index (χ3n) is 2.84. The van der Waals surface area contributed by atoms with Crippen molar-refractivity contribution in [1.29, 1.82) is 0 Å². The number of benzene rings is 1. The topological polar surface area (TPSA) is 64.4 Å². The molecule has 0 aromatic heterocycles. The third kappa shape index (κ3) is 5.99. The van der Waals surface area contributed by atoms with Gasteiger partial charge < -0.3 is 10.1 Å². The smallest absolute Gasteiger partial charge is 0.383 e. The van der Waals surface area contributed by atoms with Crippen molar-refractivity contribution in [2.24, 2.45) is 0 Å². The van der Waals surface area contributed by atoms with E-state index in [-0.39, 0.29) is 24.9 Å². The van der Waals surface area contributed by atoms with Crippen LogP contribution in [-0.4, -0.2) is 31.7 Å². The van der Waals surface area contributed by atoms with Crippen LogP contribution in [0.25, 0.3) is 0 Å². The number of alkyl halides is 3. The van der Waals surface area contributed by atoms with Crippen LogP contribution in [0.2, 0.25) is 0 Å². The van der Waals surface area contributed by atoms with E-state index in [2.05, 4.69) is 5.32 Å². The number of nitro groups is 1. The molecule has 0 heterocycles. The van der Waals surface area contributed by atoms with Crippen molar-refractivity contribution in [2.75, 3.05) is 32.1 Å². The monoisotopic (exact) mass is 306 g/mol. The lowest BCUT2D eigenvalue weighted by Crippen LogP contribution is -2.13. The molecule has 0 fully saturated rings. The minimum absolute atomic E-state index is 0.0220. The van der Waals surface area contributed by atoms with E-state index in [0.717, 1.165) is 6.07 Å². The lowest BCUT2D eigenvalue weighted by Gasteiger charge is -2.15. The molecule has 1 N–H and O–H groups in total. The maximum absolute atomic E-state index is 13.0. The Labute approximate surface area is 120 Å². The number of rotatable bonds is 8. The van der Waals surface area contributed by atoms with Gasteiger partial charge in [-0.3, -0.25) is 10.1 Å². The predicted octanol–water partition coefficient (Wildman–Crippen LogP) is 2.97. The normalized spacial score (nSPS) is 11.4. The number of methoxy groups -OCH3 is 1. The molecule has 0 saturated heterocycles. The summed E-state index contributed by atoms with van der Waals surface area (Å²) in [5.74, 6) is 0. The molecule has 0 atom stereocenters. The molecule has 0 radical (unpaired) electrons. The highest BCUT2D eigenvalue weighted by molar-refractivity contribution is 5.49. The lowest BCUT2D eigenvalue weighted by atomic mass is 10.0. The van der Waals surface area contributed by atoms with E-state index in [0.29, 0.717) is 18.8 Å². The van der Waals surface area contributed by atoms with E-state index >= 15 is 0 Å². The number of nitrogens with zero attached hydrogens (tertiary/aromatic N) is 1. The Hall–Kier alpha value is -1.83. The van der Waals surface area contributed by atoms with Crippen LogP contribution in [0.1, 0.15) is 17.5 Å². The zero-order valence-electron chi connectivity index (χ0n) is 11.6. The standard InChI is InChI=1S/C13H17F3N2O3/c1-21-8-6-17-11-5-4-10(3-2-7-18(19)20)12(9-11)13(14,15)16/h4-5,9,17H,2-3,6-8H2,1H3. The summed E-state index contributed by atoms with van der Waals surface area (Å²) in [6.45, 7) is 0.436. The van der Waals surface area contributed by atoms with Crippen LogP contribution < -0.4 is 5.32 Å².